The number of carbonyl (C=O) groups is 3. The molecular weight excluding hydrogens is 355 g/mol. The monoisotopic (exact) mass is 366 g/mol. The van der Waals surface area contributed by atoms with Gasteiger partial charge in [0.1, 0.15) is 5.15 Å². The standard InChI is InChI=1S/C16H12Cl2N2O4/c1-9(21)20-12-4-2-10(3-5-12)14(22)8-24-16(23)11-6-13(17)15(18)19-7-11/h2-7H,8H2,1H3,(H,20,21). The summed E-state index contributed by atoms with van der Waals surface area (Å²) >= 11 is 11.4. The van der Waals surface area contributed by atoms with Gasteiger partial charge in [-0.2, -0.15) is 0 Å². The molecule has 2 rings (SSSR count). The predicted octanol–water partition coefficient (Wildman–Crippen LogP) is 3.39. The Kier molecular flexibility index (Phi) is 5.89. The van der Waals surface area contributed by atoms with Crippen molar-refractivity contribution in [2.75, 3.05) is 11.9 Å². The van der Waals surface area contributed by atoms with Crippen LogP contribution in [0.3, 0.4) is 0 Å². The van der Waals surface area contributed by atoms with Crippen molar-refractivity contribution < 1.29 is 19.1 Å². The van der Waals surface area contributed by atoms with Gasteiger partial charge in [-0.15, -0.1) is 0 Å². The van der Waals surface area contributed by atoms with Crippen LogP contribution in [0.4, 0.5) is 5.69 Å². The molecule has 0 saturated heterocycles. The molecule has 0 radical (unpaired) electrons. The second kappa shape index (κ2) is 7.90. The molecule has 0 aliphatic heterocycles. The van der Waals surface area contributed by atoms with Crippen LogP contribution in [-0.2, 0) is 9.53 Å². The number of ether oxygens (including phenoxy) is 1. The van der Waals surface area contributed by atoms with Crippen molar-refractivity contribution in [1.82, 2.24) is 4.98 Å². The molecule has 0 unspecified atom stereocenters. The van der Waals surface area contributed by atoms with E-state index < -0.39 is 12.6 Å². The number of ketones is 1. The minimum atomic E-state index is -0.732. The summed E-state index contributed by atoms with van der Waals surface area (Å²) in [5, 5.41) is 2.78. The number of aromatic nitrogens is 1. The highest BCUT2D eigenvalue weighted by atomic mass is 35.5. The number of hydrogen-bond acceptors (Lipinski definition) is 5. The Morgan fingerprint density at radius 3 is 2.38 bits per heavy atom. The van der Waals surface area contributed by atoms with Crippen LogP contribution in [0, 0.1) is 0 Å². The highest BCUT2D eigenvalue weighted by Crippen LogP contribution is 2.20. The van der Waals surface area contributed by atoms with E-state index in [1.807, 2.05) is 0 Å². The van der Waals surface area contributed by atoms with Gasteiger partial charge in [0.25, 0.3) is 0 Å². The zero-order valence-electron chi connectivity index (χ0n) is 12.5. The Bertz CT molecular complexity index is 791. The number of halogens is 2. The molecule has 0 fully saturated rings. The van der Waals surface area contributed by atoms with Crippen LogP contribution in [-0.4, -0.2) is 29.3 Å². The summed E-state index contributed by atoms with van der Waals surface area (Å²) in [5.41, 5.74) is 1.01. The van der Waals surface area contributed by atoms with E-state index in [1.54, 1.807) is 12.1 Å². The largest absolute Gasteiger partial charge is 0.454 e. The molecule has 24 heavy (non-hydrogen) atoms. The molecule has 1 aromatic carbocycles. The highest BCUT2D eigenvalue weighted by molar-refractivity contribution is 6.41. The Morgan fingerprint density at radius 2 is 1.79 bits per heavy atom. The van der Waals surface area contributed by atoms with Crippen LogP contribution >= 0.6 is 23.2 Å². The molecule has 0 spiro atoms. The van der Waals surface area contributed by atoms with Gasteiger partial charge in [0.05, 0.1) is 10.6 Å². The van der Waals surface area contributed by atoms with Crippen LogP contribution in [0.15, 0.2) is 36.5 Å². The van der Waals surface area contributed by atoms with E-state index >= 15 is 0 Å². The van der Waals surface area contributed by atoms with Crippen molar-refractivity contribution in [3.05, 3.63) is 57.8 Å². The van der Waals surface area contributed by atoms with Crippen LogP contribution in [0.2, 0.25) is 10.2 Å². The van der Waals surface area contributed by atoms with Gasteiger partial charge in [0.15, 0.2) is 12.4 Å². The van der Waals surface area contributed by atoms with Gasteiger partial charge in [-0.05, 0) is 30.3 Å². The molecule has 1 heterocycles. The molecule has 0 aliphatic rings. The summed E-state index contributed by atoms with van der Waals surface area (Å²) in [5.74, 6) is -1.33. The fraction of sp³-hybridized carbons (Fsp3) is 0.125. The van der Waals surface area contributed by atoms with Crippen molar-refractivity contribution in [1.29, 1.82) is 0 Å². The second-order valence-electron chi connectivity index (χ2n) is 4.75. The number of nitrogens with one attached hydrogen (secondary N) is 1. The number of nitrogens with zero attached hydrogens (tertiary/aromatic N) is 1. The van der Waals surface area contributed by atoms with E-state index in [4.69, 9.17) is 27.9 Å². The number of pyridine rings is 1. The third-order valence-electron chi connectivity index (χ3n) is 2.89. The Labute approximate surface area is 147 Å². The molecule has 6 nitrogen and oxygen atoms in total. The zero-order valence-corrected chi connectivity index (χ0v) is 14.0. The van der Waals surface area contributed by atoms with E-state index in [0.29, 0.717) is 11.3 Å². The Balaban J connectivity index is 1.95. The number of benzene rings is 1. The predicted molar refractivity (Wildman–Crippen MR) is 89.6 cm³/mol. The number of anilines is 1. The molecule has 0 atom stereocenters. The van der Waals surface area contributed by atoms with E-state index in [-0.39, 0.29) is 27.4 Å². The highest BCUT2D eigenvalue weighted by Gasteiger charge is 2.14. The quantitative estimate of drug-likeness (QED) is 0.497. The maximum atomic E-state index is 12.0. The van der Waals surface area contributed by atoms with Gasteiger partial charge in [-0.25, -0.2) is 9.78 Å². The fourth-order valence-electron chi connectivity index (χ4n) is 1.77. The van der Waals surface area contributed by atoms with Crippen molar-refractivity contribution >= 4 is 46.5 Å². The third-order valence-corrected chi connectivity index (χ3v) is 3.58. The average molecular weight is 367 g/mol. The van der Waals surface area contributed by atoms with Crippen molar-refractivity contribution in [2.24, 2.45) is 0 Å². The molecule has 124 valence electrons. The molecule has 1 amide bonds. The summed E-state index contributed by atoms with van der Waals surface area (Å²) in [7, 11) is 0. The molecule has 1 aromatic heterocycles. The normalized spacial score (nSPS) is 10.1. The van der Waals surface area contributed by atoms with Gasteiger partial charge >= 0.3 is 5.97 Å². The lowest BCUT2D eigenvalue weighted by molar-refractivity contribution is -0.114. The third kappa shape index (κ3) is 4.78. The summed E-state index contributed by atoms with van der Waals surface area (Å²) < 4.78 is 4.93. The number of carbonyl (C=O) groups excluding carboxylic acids is 3. The van der Waals surface area contributed by atoms with Crippen LogP contribution in [0.25, 0.3) is 0 Å². The van der Waals surface area contributed by atoms with Gasteiger partial charge in [0.2, 0.25) is 5.91 Å². The van der Waals surface area contributed by atoms with E-state index in [9.17, 15) is 14.4 Å². The van der Waals surface area contributed by atoms with Crippen LogP contribution < -0.4 is 5.32 Å². The Hall–Kier alpha value is -2.44. The number of amides is 1. The number of rotatable bonds is 5. The topological polar surface area (TPSA) is 85.4 Å². The summed E-state index contributed by atoms with van der Waals surface area (Å²) in [6.45, 7) is 0.953. The molecule has 2 aromatic rings. The van der Waals surface area contributed by atoms with Crippen LogP contribution in [0.5, 0.6) is 0 Å². The van der Waals surface area contributed by atoms with Crippen molar-refractivity contribution in [3.63, 3.8) is 0 Å². The lowest BCUT2D eigenvalue weighted by atomic mass is 10.1. The molecule has 0 aliphatic carbocycles. The first-order valence-corrected chi connectivity index (χ1v) is 7.51. The summed E-state index contributed by atoms with van der Waals surface area (Å²) in [6.07, 6.45) is 1.21. The fourth-order valence-corrected chi connectivity index (χ4v) is 2.04. The SMILES string of the molecule is CC(=O)Nc1ccc(C(=O)COC(=O)c2cnc(Cl)c(Cl)c2)cc1. The van der Waals surface area contributed by atoms with Gasteiger partial charge < -0.3 is 10.1 Å². The van der Waals surface area contributed by atoms with Crippen molar-refractivity contribution in [2.45, 2.75) is 6.92 Å². The average Bonchev–Trinajstić information content (AvgIpc) is 2.55. The molecule has 1 N–H and O–H groups in total. The zero-order chi connectivity index (χ0) is 17.7. The molecule has 0 saturated carbocycles. The molecule has 8 heteroatoms. The van der Waals surface area contributed by atoms with Crippen molar-refractivity contribution in [3.8, 4) is 0 Å². The van der Waals surface area contributed by atoms with E-state index in [1.165, 1.54) is 31.3 Å². The minimum Gasteiger partial charge on any atom is -0.454 e. The van der Waals surface area contributed by atoms with Gasteiger partial charge in [0, 0.05) is 24.4 Å². The van der Waals surface area contributed by atoms with Crippen LogP contribution in [0.1, 0.15) is 27.6 Å². The molecule has 0 bridgehead atoms. The smallest absolute Gasteiger partial charge is 0.340 e. The number of esters is 1. The van der Waals surface area contributed by atoms with Gasteiger partial charge in [-0.1, -0.05) is 23.2 Å². The van der Waals surface area contributed by atoms with Gasteiger partial charge in [-0.3, -0.25) is 9.59 Å². The maximum absolute atomic E-state index is 12.0. The first-order valence-electron chi connectivity index (χ1n) is 6.76. The van der Waals surface area contributed by atoms with E-state index in [2.05, 4.69) is 10.3 Å². The first-order chi connectivity index (χ1) is 11.4. The summed E-state index contributed by atoms with van der Waals surface area (Å²) in [4.78, 5) is 38.5. The second-order valence-corrected chi connectivity index (χ2v) is 5.52. The maximum Gasteiger partial charge on any atom is 0.340 e. The van der Waals surface area contributed by atoms with E-state index in [0.717, 1.165) is 0 Å². The number of hydrogen-bond donors (Lipinski definition) is 1. The Morgan fingerprint density at radius 1 is 1.12 bits per heavy atom. The summed E-state index contributed by atoms with van der Waals surface area (Å²) in [6, 6.07) is 7.54. The number of Topliss-reactive ketones (excluding diaryl/α,β-unsaturated/α-hetero) is 1. The minimum absolute atomic E-state index is 0.0727. The molecular formula is C16H12Cl2N2O4. The first kappa shape index (κ1) is 17.9. The lowest BCUT2D eigenvalue weighted by Crippen LogP contribution is -2.14. The lowest BCUT2D eigenvalue weighted by Gasteiger charge is -2.06.